The number of carbonyl (C=O) groups excluding carboxylic acids is 1. The zero-order valence-corrected chi connectivity index (χ0v) is 13.5. The van der Waals surface area contributed by atoms with Gasteiger partial charge in [0.15, 0.2) is 0 Å². The monoisotopic (exact) mass is 315 g/mol. The maximum atomic E-state index is 12.2. The molecule has 5 nitrogen and oxygen atoms in total. The van der Waals surface area contributed by atoms with Gasteiger partial charge in [-0.15, -0.1) is 0 Å². The summed E-state index contributed by atoms with van der Waals surface area (Å²) >= 11 is 0. The quantitative estimate of drug-likeness (QED) is 0.831. The van der Waals surface area contributed by atoms with Gasteiger partial charge in [0.2, 0.25) is 0 Å². The lowest BCUT2D eigenvalue weighted by Gasteiger charge is -2.26. The van der Waals surface area contributed by atoms with Crippen LogP contribution in [0.3, 0.4) is 0 Å². The number of likely N-dealkylation sites (N-methyl/N-ethyl adjacent to an activating group) is 1. The number of carbonyl (C=O) groups is 1. The molecule has 0 radical (unpaired) electrons. The average molecular weight is 315 g/mol. The Bertz CT molecular complexity index is 654. The smallest absolute Gasteiger partial charge is 0.327 e. The molecule has 2 rings (SSSR count). The van der Waals surface area contributed by atoms with Gasteiger partial charge >= 0.3 is 5.97 Å². The van der Waals surface area contributed by atoms with Crippen molar-refractivity contribution in [3.05, 3.63) is 59.7 Å². The maximum absolute atomic E-state index is 12.2. The predicted octanol–water partition coefficient (Wildman–Crippen LogP) is 2.75. The zero-order valence-electron chi connectivity index (χ0n) is 13.5. The highest BCUT2D eigenvalue weighted by molar-refractivity contribution is 5.77. The molecule has 0 fully saturated rings. The van der Waals surface area contributed by atoms with Crippen molar-refractivity contribution in [1.82, 2.24) is 4.90 Å². The number of esters is 1. The molecular formula is C18H21NO4. The van der Waals surface area contributed by atoms with Crippen LogP contribution in [0.15, 0.2) is 48.5 Å². The van der Waals surface area contributed by atoms with Crippen LogP contribution in [-0.4, -0.2) is 37.2 Å². The van der Waals surface area contributed by atoms with E-state index in [0.29, 0.717) is 12.1 Å². The predicted molar refractivity (Wildman–Crippen MR) is 87.3 cm³/mol. The molecule has 0 heterocycles. The molecule has 1 unspecified atom stereocenters. The molecule has 0 spiro atoms. The minimum atomic E-state index is -0.589. The van der Waals surface area contributed by atoms with Gasteiger partial charge in [-0.05, 0) is 42.4 Å². The maximum Gasteiger partial charge on any atom is 0.327 e. The fourth-order valence-electron chi connectivity index (χ4n) is 2.49. The van der Waals surface area contributed by atoms with Gasteiger partial charge in [-0.1, -0.05) is 24.3 Å². The van der Waals surface area contributed by atoms with Gasteiger partial charge in [0.1, 0.15) is 17.5 Å². The van der Waals surface area contributed by atoms with Crippen molar-refractivity contribution < 1.29 is 19.4 Å². The number of benzene rings is 2. The highest BCUT2D eigenvalue weighted by Gasteiger charge is 2.26. The molecule has 0 aliphatic heterocycles. The Hall–Kier alpha value is -2.53. The average Bonchev–Trinajstić information content (AvgIpc) is 2.55. The van der Waals surface area contributed by atoms with Crippen molar-refractivity contribution >= 4 is 5.97 Å². The SMILES string of the molecule is COC(=O)C(c1cccc(O)c1)N(C)Cc1ccc(OC)cc1. The molecule has 0 amide bonds. The summed E-state index contributed by atoms with van der Waals surface area (Å²) in [6, 6.07) is 13.7. The van der Waals surface area contributed by atoms with Gasteiger partial charge in [0.25, 0.3) is 0 Å². The van der Waals surface area contributed by atoms with Gasteiger partial charge < -0.3 is 14.6 Å². The molecule has 2 aromatic carbocycles. The summed E-state index contributed by atoms with van der Waals surface area (Å²) in [6.45, 7) is 0.555. The largest absolute Gasteiger partial charge is 0.508 e. The third kappa shape index (κ3) is 4.23. The minimum Gasteiger partial charge on any atom is -0.508 e. The van der Waals surface area contributed by atoms with Crippen LogP contribution in [0.1, 0.15) is 17.2 Å². The Labute approximate surface area is 136 Å². The first-order chi connectivity index (χ1) is 11.0. The van der Waals surface area contributed by atoms with E-state index in [9.17, 15) is 9.90 Å². The molecule has 122 valence electrons. The number of rotatable bonds is 6. The summed E-state index contributed by atoms with van der Waals surface area (Å²) in [5.74, 6) is 0.537. The number of ether oxygens (including phenoxy) is 2. The Kier molecular flexibility index (Phi) is 5.60. The fourth-order valence-corrected chi connectivity index (χ4v) is 2.49. The molecule has 0 saturated carbocycles. The zero-order chi connectivity index (χ0) is 16.8. The highest BCUT2D eigenvalue weighted by atomic mass is 16.5. The summed E-state index contributed by atoms with van der Waals surface area (Å²) in [5, 5.41) is 9.66. The molecule has 5 heteroatoms. The van der Waals surface area contributed by atoms with E-state index in [2.05, 4.69) is 0 Å². The number of methoxy groups -OCH3 is 2. The van der Waals surface area contributed by atoms with Crippen molar-refractivity contribution in [3.8, 4) is 11.5 Å². The van der Waals surface area contributed by atoms with Crippen molar-refractivity contribution in [2.75, 3.05) is 21.3 Å². The first kappa shape index (κ1) is 16.8. The number of aromatic hydroxyl groups is 1. The van der Waals surface area contributed by atoms with E-state index in [1.165, 1.54) is 7.11 Å². The summed E-state index contributed by atoms with van der Waals surface area (Å²) in [4.78, 5) is 14.1. The lowest BCUT2D eigenvalue weighted by atomic mass is 10.0. The number of phenolic OH excluding ortho intramolecular Hbond substituents is 1. The van der Waals surface area contributed by atoms with Crippen molar-refractivity contribution in [2.24, 2.45) is 0 Å². The minimum absolute atomic E-state index is 0.120. The van der Waals surface area contributed by atoms with Gasteiger partial charge in [0.05, 0.1) is 14.2 Å². The van der Waals surface area contributed by atoms with E-state index >= 15 is 0 Å². The van der Waals surface area contributed by atoms with Crippen LogP contribution >= 0.6 is 0 Å². The molecule has 1 atom stereocenters. The topological polar surface area (TPSA) is 59.0 Å². The van der Waals surface area contributed by atoms with Crippen LogP contribution in [0.4, 0.5) is 0 Å². The van der Waals surface area contributed by atoms with Crippen LogP contribution < -0.4 is 4.74 Å². The Morgan fingerprint density at radius 3 is 2.43 bits per heavy atom. The second-order valence-electron chi connectivity index (χ2n) is 5.28. The Morgan fingerprint density at radius 1 is 1.17 bits per heavy atom. The van der Waals surface area contributed by atoms with Gasteiger partial charge in [-0.3, -0.25) is 4.90 Å². The van der Waals surface area contributed by atoms with Crippen LogP contribution in [0.25, 0.3) is 0 Å². The molecule has 0 saturated heterocycles. The van der Waals surface area contributed by atoms with Crippen molar-refractivity contribution in [2.45, 2.75) is 12.6 Å². The summed E-state index contributed by atoms with van der Waals surface area (Å²) in [6.07, 6.45) is 0. The van der Waals surface area contributed by atoms with E-state index < -0.39 is 6.04 Å². The molecular weight excluding hydrogens is 294 g/mol. The Morgan fingerprint density at radius 2 is 1.87 bits per heavy atom. The van der Waals surface area contributed by atoms with Gasteiger partial charge in [0, 0.05) is 6.54 Å². The van der Waals surface area contributed by atoms with E-state index in [0.717, 1.165) is 11.3 Å². The van der Waals surface area contributed by atoms with E-state index in [1.807, 2.05) is 36.2 Å². The first-order valence-corrected chi connectivity index (χ1v) is 7.25. The third-order valence-electron chi connectivity index (χ3n) is 3.64. The van der Waals surface area contributed by atoms with Crippen molar-refractivity contribution in [1.29, 1.82) is 0 Å². The molecule has 0 aliphatic carbocycles. The second-order valence-corrected chi connectivity index (χ2v) is 5.28. The Balaban J connectivity index is 2.22. The van der Waals surface area contributed by atoms with Crippen LogP contribution in [0.5, 0.6) is 11.5 Å². The van der Waals surface area contributed by atoms with Crippen LogP contribution in [0, 0.1) is 0 Å². The molecule has 0 aliphatic rings. The van der Waals surface area contributed by atoms with Crippen LogP contribution in [-0.2, 0) is 16.1 Å². The van der Waals surface area contributed by atoms with E-state index in [-0.39, 0.29) is 11.7 Å². The summed E-state index contributed by atoms with van der Waals surface area (Å²) in [5.41, 5.74) is 1.73. The lowest BCUT2D eigenvalue weighted by molar-refractivity contribution is -0.147. The molecule has 0 aromatic heterocycles. The summed E-state index contributed by atoms with van der Waals surface area (Å²) in [7, 11) is 4.82. The van der Waals surface area contributed by atoms with E-state index in [4.69, 9.17) is 9.47 Å². The first-order valence-electron chi connectivity index (χ1n) is 7.25. The van der Waals surface area contributed by atoms with E-state index in [1.54, 1.807) is 31.4 Å². The fraction of sp³-hybridized carbons (Fsp3) is 0.278. The number of hydrogen-bond acceptors (Lipinski definition) is 5. The molecule has 1 N–H and O–H groups in total. The number of nitrogens with zero attached hydrogens (tertiary/aromatic N) is 1. The standard InChI is InChI=1S/C18H21NO4/c1-19(12-13-7-9-16(22-2)10-8-13)17(18(21)23-3)14-5-4-6-15(20)11-14/h4-11,17,20H,12H2,1-3H3. The highest BCUT2D eigenvalue weighted by Crippen LogP contribution is 2.26. The van der Waals surface area contributed by atoms with Crippen molar-refractivity contribution in [3.63, 3.8) is 0 Å². The lowest BCUT2D eigenvalue weighted by Crippen LogP contribution is -2.31. The normalized spacial score (nSPS) is 12.0. The number of phenols is 1. The third-order valence-corrected chi connectivity index (χ3v) is 3.64. The van der Waals surface area contributed by atoms with Crippen LogP contribution in [0.2, 0.25) is 0 Å². The van der Waals surface area contributed by atoms with Gasteiger partial charge in [-0.2, -0.15) is 0 Å². The number of hydrogen-bond donors (Lipinski definition) is 1. The summed E-state index contributed by atoms with van der Waals surface area (Å²) < 4.78 is 10.1. The molecule has 2 aromatic rings. The molecule has 23 heavy (non-hydrogen) atoms. The molecule has 0 bridgehead atoms. The van der Waals surface area contributed by atoms with Gasteiger partial charge in [-0.25, -0.2) is 4.79 Å². The second kappa shape index (κ2) is 7.65.